The number of nitrogens with two attached hydrogens (primary N) is 1. The molecule has 0 aromatic rings. The second kappa shape index (κ2) is 6.63. The zero-order chi connectivity index (χ0) is 13.7. The average molecular weight is 281 g/mol. The summed E-state index contributed by atoms with van der Waals surface area (Å²) in [6.07, 6.45) is 1.06. The largest absolute Gasteiger partial charge is 0.392 e. The molecular formula is C10H23N3O2S2. The van der Waals surface area contributed by atoms with Gasteiger partial charge in [-0.2, -0.15) is 13.1 Å². The lowest BCUT2D eigenvalue weighted by atomic mass is 9.94. The Balaban J connectivity index is 4.82. The van der Waals surface area contributed by atoms with Crippen LogP contribution in [0.5, 0.6) is 0 Å². The fourth-order valence-corrected chi connectivity index (χ4v) is 3.31. The lowest BCUT2D eigenvalue weighted by molar-refractivity contribution is 0.457. The fourth-order valence-electron chi connectivity index (χ4n) is 1.36. The van der Waals surface area contributed by atoms with E-state index in [1.807, 2.05) is 27.7 Å². The van der Waals surface area contributed by atoms with Crippen LogP contribution in [0.25, 0.3) is 0 Å². The Morgan fingerprint density at radius 2 is 1.82 bits per heavy atom. The normalized spacial score (nSPS) is 13.0. The minimum absolute atomic E-state index is 0.178. The third kappa shape index (κ3) is 5.29. The maximum atomic E-state index is 11.8. The third-order valence-corrected chi connectivity index (χ3v) is 4.29. The van der Waals surface area contributed by atoms with E-state index in [0.29, 0.717) is 19.4 Å². The summed E-state index contributed by atoms with van der Waals surface area (Å²) >= 11 is 4.95. The van der Waals surface area contributed by atoms with Crippen molar-refractivity contribution in [2.75, 3.05) is 6.54 Å². The molecule has 0 rings (SSSR count). The van der Waals surface area contributed by atoms with E-state index in [1.165, 1.54) is 0 Å². The van der Waals surface area contributed by atoms with Crippen LogP contribution in [-0.2, 0) is 10.2 Å². The molecule has 0 unspecified atom stereocenters. The molecule has 102 valence electrons. The van der Waals surface area contributed by atoms with Gasteiger partial charge >= 0.3 is 0 Å². The summed E-state index contributed by atoms with van der Waals surface area (Å²) in [4.78, 5) is 0.178. The highest BCUT2D eigenvalue weighted by molar-refractivity contribution is 7.87. The molecule has 5 nitrogen and oxygen atoms in total. The molecule has 0 bridgehead atoms. The Bertz CT molecular complexity index is 349. The molecule has 17 heavy (non-hydrogen) atoms. The molecule has 4 N–H and O–H groups in total. The van der Waals surface area contributed by atoms with Gasteiger partial charge in [0.15, 0.2) is 0 Å². The second-order valence-corrected chi connectivity index (χ2v) is 6.44. The van der Waals surface area contributed by atoms with Crippen molar-refractivity contribution in [2.45, 2.75) is 46.1 Å². The van der Waals surface area contributed by atoms with E-state index in [0.717, 1.165) is 0 Å². The number of hydrogen-bond donors (Lipinski definition) is 3. The third-order valence-electron chi connectivity index (χ3n) is 2.69. The molecule has 0 aromatic carbocycles. The van der Waals surface area contributed by atoms with Crippen LogP contribution in [0.15, 0.2) is 0 Å². The van der Waals surface area contributed by atoms with Crippen LogP contribution < -0.4 is 15.2 Å². The topological polar surface area (TPSA) is 84.2 Å². The predicted molar refractivity (Wildman–Crippen MR) is 75.0 cm³/mol. The summed E-state index contributed by atoms with van der Waals surface area (Å²) in [5.41, 5.74) is 4.80. The van der Waals surface area contributed by atoms with Gasteiger partial charge in [0.05, 0.1) is 10.5 Å². The van der Waals surface area contributed by atoms with Crippen LogP contribution in [0.2, 0.25) is 0 Å². The summed E-state index contributed by atoms with van der Waals surface area (Å²) < 4.78 is 28.7. The molecule has 0 atom stereocenters. The average Bonchev–Trinajstić information content (AvgIpc) is 2.23. The van der Waals surface area contributed by atoms with Crippen LogP contribution in [0, 0.1) is 5.92 Å². The van der Waals surface area contributed by atoms with Crippen LogP contribution in [0.3, 0.4) is 0 Å². The van der Waals surface area contributed by atoms with Gasteiger partial charge in [0.25, 0.3) is 10.2 Å². The van der Waals surface area contributed by atoms with Gasteiger partial charge in [-0.25, -0.2) is 4.72 Å². The minimum atomic E-state index is -3.57. The Hall–Kier alpha value is -0.240. The fraction of sp³-hybridized carbons (Fsp3) is 0.900. The molecule has 0 fully saturated rings. The predicted octanol–water partition coefficient (Wildman–Crippen LogP) is 0.911. The lowest BCUT2D eigenvalue weighted by Gasteiger charge is -2.31. The first kappa shape index (κ1) is 16.8. The zero-order valence-electron chi connectivity index (χ0n) is 10.9. The number of rotatable bonds is 8. The Labute approximate surface area is 110 Å². The number of thiocarbonyl (C=S) groups is 1. The van der Waals surface area contributed by atoms with Crippen molar-refractivity contribution >= 4 is 27.4 Å². The highest BCUT2D eigenvalue weighted by Gasteiger charge is 2.34. The first-order valence-corrected chi connectivity index (χ1v) is 7.66. The van der Waals surface area contributed by atoms with Crippen LogP contribution >= 0.6 is 12.2 Å². The second-order valence-electron chi connectivity index (χ2n) is 4.50. The monoisotopic (exact) mass is 281 g/mol. The lowest BCUT2D eigenvalue weighted by Crippen LogP contribution is -2.58. The molecular weight excluding hydrogens is 258 g/mol. The SMILES string of the molecule is CCC(CC)(NS(=O)(=O)NCC(C)C)C(N)=S. The maximum absolute atomic E-state index is 11.8. The molecule has 0 aliphatic carbocycles. The van der Waals surface area contributed by atoms with Gasteiger partial charge in [0.1, 0.15) is 0 Å². The summed E-state index contributed by atoms with van der Waals surface area (Å²) in [7, 11) is -3.57. The summed E-state index contributed by atoms with van der Waals surface area (Å²) in [6.45, 7) is 7.96. The van der Waals surface area contributed by atoms with Gasteiger partial charge < -0.3 is 5.73 Å². The van der Waals surface area contributed by atoms with E-state index in [1.54, 1.807) is 0 Å². The molecule has 0 saturated heterocycles. The van der Waals surface area contributed by atoms with Crippen molar-refractivity contribution < 1.29 is 8.42 Å². The van der Waals surface area contributed by atoms with Crippen LogP contribution in [0.4, 0.5) is 0 Å². The van der Waals surface area contributed by atoms with Gasteiger partial charge in [-0.3, -0.25) is 0 Å². The standard InChI is InChI=1S/C10H23N3O2S2/c1-5-10(6-2,9(11)16)13-17(14,15)12-7-8(3)4/h8,12-13H,5-7H2,1-4H3,(H2,11,16). The summed E-state index contributed by atoms with van der Waals surface area (Å²) in [5.74, 6) is 0.244. The molecule has 7 heteroatoms. The summed E-state index contributed by atoms with van der Waals surface area (Å²) in [5, 5.41) is 0. The molecule has 0 aliphatic rings. The van der Waals surface area contributed by atoms with Crippen molar-refractivity contribution in [2.24, 2.45) is 11.7 Å². The van der Waals surface area contributed by atoms with E-state index in [2.05, 4.69) is 9.44 Å². The van der Waals surface area contributed by atoms with E-state index < -0.39 is 15.7 Å². The molecule has 0 spiro atoms. The van der Waals surface area contributed by atoms with E-state index in [4.69, 9.17) is 18.0 Å². The quantitative estimate of drug-likeness (QED) is 0.577. The summed E-state index contributed by atoms with van der Waals surface area (Å²) in [6, 6.07) is 0. The van der Waals surface area contributed by atoms with Crippen LogP contribution in [0.1, 0.15) is 40.5 Å². The van der Waals surface area contributed by atoms with Crippen molar-refractivity contribution in [1.29, 1.82) is 0 Å². The van der Waals surface area contributed by atoms with Crippen molar-refractivity contribution in [3.63, 3.8) is 0 Å². The van der Waals surface area contributed by atoms with Crippen LogP contribution in [-0.4, -0.2) is 25.5 Å². The first-order valence-electron chi connectivity index (χ1n) is 5.77. The van der Waals surface area contributed by atoms with E-state index in [9.17, 15) is 8.42 Å². The van der Waals surface area contributed by atoms with Gasteiger partial charge in [0.2, 0.25) is 0 Å². The smallest absolute Gasteiger partial charge is 0.277 e. The zero-order valence-corrected chi connectivity index (χ0v) is 12.5. The maximum Gasteiger partial charge on any atom is 0.277 e. The minimum Gasteiger partial charge on any atom is -0.392 e. The van der Waals surface area contributed by atoms with Gasteiger partial charge in [-0.1, -0.05) is 39.9 Å². The Kier molecular flexibility index (Phi) is 6.53. The number of hydrogen-bond acceptors (Lipinski definition) is 3. The van der Waals surface area contributed by atoms with Crippen molar-refractivity contribution in [3.8, 4) is 0 Å². The molecule has 0 radical (unpaired) electrons. The van der Waals surface area contributed by atoms with Gasteiger partial charge in [-0.15, -0.1) is 0 Å². The molecule has 0 aliphatic heterocycles. The highest BCUT2D eigenvalue weighted by atomic mass is 32.2. The van der Waals surface area contributed by atoms with E-state index >= 15 is 0 Å². The molecule has 0 saturated carbocycles. The van der Waals surface area contributed by atoms with Gasteiger partial charge in [-0.05, 0) is 18.8 Å². The number of nitrogens with one attached hydrogen (secondary N) is 2. The van der Waals surface area contributed by atoms with Gasteiger partial charge in [0, 0.05) is 6.54 Å². The molecule has 0 amide bonds. The molecule has 0 heterocycles. The van der Waals surface area contributed by atoms with Crippen molar-refractivity contribution in [3.05, 3.63) is 0 Å². The first-order chi connectivity index (χ1) is 7.69. The van der Waals surface area contributed by atoms with Crippen molar-refractivity contribution in [1.82, 2.24) is 9.44 Å². The van der Waals surface area contributed by atoms with E-state index in [-0.39, 0.29) is 10.9 Å². The molecule has 0 aromatic heterocycles. The highest BCUT2D eigenvalue weighted by Crippen LogP contribution is 2.16. The Morgan fingerprint density at radius 1 is 1.35 bits per heavy atom. The Morgan fingerprint density at radius 3 is 2.12 bits per heavy atom.